The largest absolute Gasteiger partial charge is 0.394 e. The fraction of sp³-hybridized carbons (Fsp3) is 0.857. The van der Waals surface area contributed by atoms with Crippen molar-refractivity contribution in [1.29, 1.82) is 0 Å². The van der Waals surface area contributed by atoms with Gasteiger partial charge in [-0.15, -0.1) is 0 Å². The van der Waals surface area contributed by atoms with Gasteiger partial charge in [-0.05, 0) is 25.9 Å². The molecule has 282 valence electrons. The van der Waals surface area contributed by atoms with Crippen molar-refractivity contribution in [1.82, 2.24) is 26.2 Å². The summed E-state index contributed by atoms with van der Waals surface area (Å²) >= 11 is 0. The Balaban J connectivity index is 4.61. The molecule has 20 nitrogen and oxygen atoms in total. The molecule has 0 saturated carbocycles. The molecular formula is C28H56N6O14. The first-order chi connectivity index (χ1) is 22.7. The molecule has 0 rings (SSSR count). The zero-order valence-electron chi connectivity index (χ0n) is 27.1. The van der Waals surface area contributed by atoms with Crippen LogP contribution in [0.15, 0.2) is 0 Å². The average Bonchev–Trinajstić information content (AvgIpc) is 3.09. The normalized spacial score (nSPS) is 16.6. The zero-order chi connectivity index (χ0) is 36.6. The van der Waals surface area contributed by atoms with Crippen molar-refractivity contribution in [3.63, 3.8) is 0 Å². The molecule has 48 heavy (non-hydrogen) atoms. The number of unbranched alkanes of at least 4 members (excludes halogenated alkanes) is 3. The van der Waals surface area contributed by atoms with Gasteiger partial charge in [0.1, 0.15) is 36.6 Å². The predicted octanol–water partition coefficient (Wildman–Crippen LogP) is -8.08. The highest BCUT2D eigenvalue weighted by molar-refractivity contribution is 5.82. The van der Waals surface area contributed by atoms with Crippen LogP contribution < -0.4 is 27.0 Å². The summed E-state index contributed by atoms with van der Waals surface area (Å²) in [6, 6.07) is 0. The molecule has 0 bridgehead atoms. The number of hydrogen-bond donors (Lipinski definition) is 15. The van der Waals surface area contributed by atoms with E-state index in [0.29, 0.717) is 26.2 Å². The number of carbonyl (C=O) groups is 4. The van der Waals surface area contributed by atoms with E-state index in [2.05, 4.69) is 21.3 Å². The predicted molar refractivity (Wildman–Crippen MR) is 167 cm³/mol. The number of hydrogen-bond acceptors (Lipinski definition) is 16. The molecule has 0 aliphatic heterocycles. The number of nitrogens with two attached hydrogens (primary N) is 1. The quantitative estimate of drug-likeness (QED) is 0.0337. The third-order valence-electron chi connectivity index (χ3n) is 7.28. The van der Waals surface area contributed by atoms with Crippen LogP contribution in [-0.2, 0) is 19.2 Å². The Labute approximate surface area is 278 Å². The standard InChI is InChI=1S/C28H56N6O14/c29-7-3-1-2-4-12-34(13-5-19(39)30-8-10-32-27(47)25(45)23(43)21(41)17(37)15-35)14-6-20(40)31-9-11-33-28(48)26(46)24(44)22(42)18(38)16-36/h17-18,21-26,35-38,41-46H,1-16,29H2,(H,30,39)(H,31,40)(H,32,47)(H,33,48)/t17-,18+,21+,22-,23+,24-,25+,26-. The molecule has 0 aromatic carbocycles. The van der Waals surface area contributed by atoms with Gasteiger partial charge in [0.15, 0.2) is 12.2 Å². The number of aliphatic hydroxyl groups is 10. The number of amides is 4. The summed E-state index contributed by atoms with van der Waals surface area (Å²) in [5, 5.41) is 104. The maximum Gasteiger partial charge on any atom is 0.251 e. The van der Waals surface area contributed by atoms with Crippen molar-refractivity contribution < 1.29 is 70.2 Å². The van der Waals surface area contributed by atoms with Crippen LogP contribution in [0.2, 0.25) is 0 Å². The van der Waals surface area contributed by atoms with E-state index in [9.17, 15) is 60.0 Å². The van der Waals surface area contributed by atoms with E-state index in [4.69, 9.17) is 15.9 Å². The Morgan fingerprint density at radius 2 is 0.896 bits per heavy atom. The van der Waals surface area contributed by atoms with Gasteiger partial charge in [-0.25, -0.2) is 0 Å². The van der Waals surface area contributed by atoms with Gasteiger partial charge in [-0.2, -0.15) is 0 Å². The van der Waals surface area contributed by atoms with E-state index in [1.807, 2.05) is 4.90 Å². The zero-order valence-corrected chi connectivity index (χ0v) is 27.1. The Kier molecular flexibility index (Phi) is 24.9. The van der Waals surface area contributed by atoms with Crippen molar-refractivity contribution >= 4 is 23.6 Å². The molecular weight excluding hydrogens is 644 g/mol. The van der Waals surface area contributed by atoms with Gasteiger partial charge in [-0.3, -0.25) is 19.2 Å². The van der Waals surface area contributed by atoms with Crippen LogP contribution in [0.25, 0.3) is 0 Å². The summed E-state index contributed by atoms with van der Waals surface area (Å²) < 4.78 is 0. The second-order valence-electron chi connectivity index (χ2n) is 11.2. The van der Waals surface area contributed by atoms with E-state index < -0.39 is 73.9 Å². The van der Waals surface area contributed by atoms with Crippen LogP contribution in [0.4, 0.5) is 0 Å². The van der Waals surface area contributed by atoms with E-state index in [1.165, 1.54) is 0 Å². The second kappa shape index (κ2) is 26.3. The number of nitrogens with zero attached hydrogens (tertiary/aromatic N) is 1. The molecule has 0 spiro atoms. The lowest BCUT2D eigenvalue weighted by Crippen LogP contribution is -2.52. The van der Waals surface area contributed by atoms with Crippen LogP contribution in [-0.4, -0.2) is 194 Å². The highest BCUT2D eigenvalue weighted by Gasteiger charge is 2.35. The number of rotatable bonds is 28. The van der Waals surface area contributed by atoms with E-state index in [0.717, 1.165) is 25.7 Å². The number of aliphatic hydroxyl groups excluding tert-OH is 10. The topological polar surface area (TPSA) is 348 Å². The van der Waals surface area contributed by atoms with Gasteiger partial charge < -0.3 is 83.0 Å². The van der Waals surface area contributed by atoms with Gasteiger partial charge in [-0.1, -0.05) is 12.8 Å². The smallest absolute Gasteiger partial charge is 0.251 e. The first-order valence-electron chi connectivity index (χ1n) is 15.9. The summed E-state index contributed by atoms with van der Waals surface area (Å²) in [6.45, 7) is -0.264. The Hall–Kier alpha value is -2.60. The molecule has 0 aliphatic carbocycles. The SMILES string of the molecule is NCCCCCCN(CCC(=O)NCCNC(=O)[C@@H](O)[C@@H](O)[C@@H](O)[C@H](O)CO)CCC(=O)NCCNC(=O)[C@H](O)[C@H](O)[C@H](O)[C@@H](O)CO. The van der Waals surface area contributed by atoms with Gasteiger partial charge in [0, 0.05) is 52.1 Å². The number of carbonyl (C=O) groups excluding carboxylic acids is 4. The van der Waals surface area contributed by atoms with Gasteiger partial charge in [0.05, 0.1) is 13.2 Å². The molecule has 0 unspecified atom stereocenters. The highest BCUT2D eigenvalue weighted by Crippen LogP contribution is 2.07. The third-order valence-corrected chi connectivity index (χ3v) is 7.28. The summed E-state index contributed by atoms with van der Waals surface area (Å²) in [7, 11) is 0. The van der Waals surface area contributed by atoms with Crippen molar-refractivity contribution in [3.8, 4) is 0 Å². The molecule has 0 aliphatic rings. The van der Waals surface area contributed by atoms with E-state index >= 15 is 0 Å². The van der Waals surface area contributed by atoms with E-state index in [1.54, 1.807) is 0 Å². The lowest BCUT2D eigenvalue weighted by atomic mass is 10.0. The van der Waals surface area contributed by atoms with Crippen LogP contribution >= 0.6 is 0 Å². The van der Waals surface area contributed by atoms with Gasteiger partial charge in [0.25, 0.3) is 11.8 Å². The van der Waals surface area contributed by atoms with Gasteiger partial charge in [0.2, 0.25) is 11.8 Å². The molecule has 0 saturated heterocycles. The van der Waals surface area contributed by atoms with Crippen molar-refractivity contribution in [2.45, 2.75) is 87.4 Å². The minimum absolute atomic E-state index is 0.0194. The lowest BCUT2D eigenvalue weighted by Gasteiger charge is -2.25. The number of nitrogens with one attached hydrogen (secondary N) is 4. The summed E-state index contributed by atoms with van der Waals surface area (Å²) in [6.07, 6.45) is -12.1. The fourth-order valence-electron chi connectivity index (χ4n) is 4.20. The molecule has 0 aromatic heterocycles. The first-order valence-corrected chi connectivity index (χ1v) is 15.9. The van der Waals surface area contributed by atoms with Crippen LogP contribution in [0.3, 0.4) is 0 Å². The van der Waals surface area contributed by atoms with Crippen LogP contribution in [0.1, 0.15) is 38.5 Å². The Morgan fingerprint density at radius 1 is 0.521 bits per heavy atom. The highest BCUT2D eigenvalue weighted by atomic mass is 16.4. The summed E-state index contributed by atoms with van der Waals surface area (Å²) in [4.78, 5) is 50.6. The molecule has 0 fully saturated rings. The van der Waals surface area contributed by atoms with Crippen molar-refractivity contribution in [3.05, 3.63) is 0 Å². The minimum Gasteiger partial charge on any atom is -0.394 e. The van der Waals surface area contributed by atoms with Crippen molar-refractivity contribution in [2.24, 2.45) is 5.73 Å². The van der Waals surface area contributed by atoms with Crippen LogP contribution in [0, 0.1) is 0 Å². The maximum atomic E-state index is 12.4. The molecule has 4 amide bonds. The molecule has 0 radical (unpaired) electrons. The Bertz CT molecular complexity index is 858. The third kappa shape index (κ3) is 18.8. The van der Waals surface area contributed by atoms with Crippen molar-refractivity contribution in [2.75, 3.05) is 65.6 Å². The monoisotopic (exact) mass is 700 g/mol. The second-order valence-corrected chi connectivity index (χ2v) is 11.2. The van der Waals surface area contributed by atoms with Gasteiger partial charge >= 0.3 is 0 Å². The Morgan fingerprint density at radius 3 is 1.27 bits per heavy atom. The van der Waals surface area contributed by atoms with E-state index in [-0.39, 0.29) is 50.8 Å². The maximum absolute atomic E-state index is 12.4. The summed E-state index contributed by atoms with van der Waals surface area (Å²) in [5.41, 5.74) is 5.53. The first kappa shape index (κ1) is 45.4. The molecule has 16 N–H and O–H groups in total. The molecule has 20 heteroatoms. The molecule has 0 aromatic rings. The minimum atomic E-state index is -2.09. The fourth-order valence-corrected chi connectivity index (χ4v) is 4.20. The molecule has 8 atom stereocenters. The summed E-state index contributed by atoms with van der Waals surface area (Å²) in [5.74, 6) is -2.84. The van der Waals surface area contributed by atoms with Crippen LogP contribution in [0.5, 0.6) is 0 Å². The average molecular weight is 701 g/mol. The molecule has 0 heterocycles. The lowest BCUT2D eigenvalue weighted by molar-refractivity contribution is -0.149.